The van der Waals surface area contributed by atoms with Gasteiger partial charge in [0.2, 0.25) is 9.84 Å². The lowest BCUT2D eigenvalue weighted by Crippen LogP contribution is -2.25. The quantitative estimate of drug-likeness (QED) is 0.765. The summed E-state index contributed by atoms with van der Waals surface area (Å²) in [4.78, 5) is 1.76. The molecule has 9 heteroatoms. The van der Waals surface area contributed by atoms with Crippen molar-refractivity contribution < 1.29 is 17.2 Å². The fraction of sp³-hybridized carbons (Fsp3) is 0.529. The van der Waals surface area contributed by atoms with Crippen molar-refractivity contribution in [2.45, 2.75) is 49.9 Å². The van der Waals surface area contributed by atoms with Gasteiger partial charge in [-0.05, 0) is 43.0 Å². The minimum Gasteiger partial charge on any atom is -0.361 e. The summed E-state index contributed by atoms with van der Waals surface area (Å²) < 4.78 is 50.6. The molecule has 0 saturated carbocycles. The zero-order chi connectivity index (χ0) is 18.9. The third-order valence-electron chi connectivity index (χ3n) is 4.49. The molecule has 26 heavy (non-hydrogen) atoms. The van der Waals surface area contributed by atoms with Gasteiger partial charge in [0.25, 0.3) is 0 Å². The molecule has 3 rings (SSSR count). The van der Waals surface area contributed by atoms with Gasteiger partial charge in [-0.3, -0.25) is 0 Å². The first kappa shape index (κ1) is 18.8. The summed E-state index contributed by atoms with van der Waals surface area (Å²) in [7, 11) is -4.57. The lowest BCUT2D eigenvalue weighted by atomic mass is 10.1. The Kier molecular flexibility index (Phi) is 5.27. The first-order chi connectivity index (χ1) is 12.3. The molecule has 0 spiro atoms. The van der Waals surface area contributed by atoms with Gasteiger partial charge < -0.3 is 9.47 Å². The molecule has 2 aromatic rings. The number of hydrogen-bond donors (Lipinski definition) is 0. The molecule has 1 aromatic carbocycles. The second kappa shape index (κ2) is 7.30. The number of anilines is 1. The van der Waals surface area contributed by atoms with Crippen LogP contribution in [0.25, 0.3) is 0 Å². The number of sulfone groups is 1. The number of alkyl halides is 2. The van der Waals surface area contributed by atoms with Crippen LogP contribution in [0.4, 0.5) is 14.5 Å². The molecule has 1 atom stereocenters. The van der Waals surface area contributed by atoms with Crippen LogP contribution in [0.1, 0.15) is 38.6 Å². The van der Waals surface area contributed by atoms with Gasteiger partial charge in [-0.25, -0.2) is 8.42 Å². The first-order valence-corrected chi connectivity index (χ1v) is 10.1. The molecule has 2 heterocycles. The van der Waals surface area contributed by atoms with Gasteiger partial charge in [-0.2, -0.15) is 8.78 Å². The van der Waals surface area contributed by atoms with E-state index in [-0.39, 0.29) is 10.9 Å². The van der Waals surface area contributed by atoms with E-state index in [0.717, 1.165) is 37.4 Å². The van der Waals surface area contributed by atoms with Crippen molar-refractivity contribution in [2.24, 2.45) is 5.92 Å². The fourth-order valence-electron chi connectivity index (χ4n) is 3.33. The molecule has 0 N–H and O–H groups in total. The van der Waals surface area contributed by atoms with Crippen LogP contribution in [0.5, 0.6) is 0 Å². The lowest BCUT2D eigenvalue weighted by molar-refractivity contribution is 0.234. The van der Waals surface area contributed by atoms with Crippen molar-refractivity contribution in [1.29, 1.82) is 0 Å². The molecule has 1 aliphatic heterocycles. The predicted molar refractivity (Wildman–Crippen MR) is 93.8 cm³/mol. The molecule has 1 fully saturated rings. The van der Waals surface area contributed by atoms with Gasteiger partial charge in [-0.1, -0.05) is 13.8 Å². The molecule has 1 aliphatic rings. The van der Waals surface area contributed by atoms with Crippen molar-refractivity contribution in [3.8, 4) is 0 Å². The van der Waals surface area contributed by atoms with E-state index in [9.17, 15) is 17.2 Å². The van der Waals surface area contributed by atoms with E-state index in [0.29, 0.717) is 5.92 Å². The normalized spacial score (nSPS) is 18.2. The second-order valence-corrected chi connectivity index (χ2v) is 8.80. The van der Waals surface area contributed by atoms with Gasteiger partial charge in [-0.15, -0.1) is 10.2 Å². The third kappa shape index (κ3) is 3.58. The minimum atomic E-state index is -4.57. The zero-order valence-electron chi connectivity index (χ0n) is 14.7. The van der Waals surface area contributed by atoms with Crippen LogP contribution in [0.15, 0.2) is 35.5 Å². The fourth-order valence-corrected chi connectivity index (χ4v) is 4.05. The number of nitrogens with zero attached hydrogens (tertiary/aromatic N) is 4. The predicted octanol–water partition coefficient (Wildman–Crippen LogP) is 3.27. The summed E-state index contributed by atoms with van der Waals surface area (Å²) in [6, 6.07) is 5.68. The van der Waals surface area contributed by atoms with Crippen LogP contribution in [-0.2, 0) is 16.4 Å². The molecule has 6 nitrogen and oxygen atoms in total. The van der Waals surface area contributed by atoms with Crippen molar-refractivity contribution in [2.75, 3.05) is 11.4 Å². The van der Waals surface area contributed by atoms with Crippen LogP contribution >= 0.6 is 0 Å². The average molecular weight is 384 g/mol. The summed E-state index contributed by atoms with van der Waals surface area (Å²) in [5, 5.41) is 8.32. The first-order valence-electron chi connectivity index (χ1n) is 8.57. The van der Waals surface area contributed by atoms with Gasteiger partial charge in [0.05, 0.1) is 10.9 Å². The summed E-state index contributed by atoms with van der Waals surface area (Å²) >= 11 is 0. The topological polar surface area (TPSA) is 68.1 Å². The molecule has 0 bridgehead atoms. The maximum absolute atomic E-state index is 12.7. The Labute approximate surface area is 151 Å². The Morgan fingerprint density at radius 1 is 1.23 bits per heavy atom. The van der Waals surface area contributed by atoms with Crippen molar-refractivity contribution >= 4 is 15.5 Å². The van der Waals surface area contributed by atoms with Crippen LogP contribution in [0, 0.1) is 5.92 Å². The highest BCUT2D eigenvalue weighted by molar-refractivity contribution is 7.91. The Hall–Kier alpha value is -2.03. The number of rotatable bonds is 6. The van der Waals surface area contributed by atoms with E-state index >= 15 is 0 Å². The van der Waals surface area contributed by atoms with Crippen LogP contribution < -0.4 is 4.90 Å². The Morgan fingerprint density at radius 2 is 1.92 bits per heavy atom. The number of hydrogen-bond acceptors (Lipinski definition) is 5. The highest BCUT2D eigenvalue weighted by atomic mass is 32.2. The average Bonchev–Trinajstić information content (AvgIpc) is 3.23. The smallest absolute Gasteiger partial charge is 0.341 e. The summed E-state index contributed by atoms with van der Waals surface area (Å²) in [6.45, 7) is 5.86. The second-order valence-electron chi connectivity index (χ2n) is 6.89. The molecule has 0 aliphatic carbocycles. The highest BCUT2D eigenvalue weighted by Gasteiger charge is 2.31. The Bertz CT molecular complexity index is 850. The van der Waals surface area contributed by atoms with E-state index in [4.69, 9.17) is 0 Å². The molecule has 0 amide bonds. The SMILES string of the molecule is CC(C)Cn1cnnc1C1CCCN1c1ccc(S(=O)(=O)C(F)F)cc1. The monoisotopic (exact) mass is 384 g/mol. The highest BCUT2D eigenvalue weighted by Crippen LogP contribution is 2.36. The number of aromatic nitrogens is 3. The molecule has 1 saturated heterocycles. The van der Waals surface area contributed by atoms with Gasteiger partial charge in [0.15, 0.2) is 5.82 Å². The van der Waals surface area contributed by atoms with Crippen molar-refractivity contribution in [3.05, 3.63) is 36.4 Å². The van der Waals surface area contributed by atoms with E-state index < -0.39 is 15.6 Å². The largest absolute Gasteiger partial charge is 0.361 e. The third-order valence-corrected chi connectivity index (χ3v) is 5.89. The van der Waals surface area contributed by atoms with Crippen LogP contribution in [0.2, 0.25) is 0 Å². The molecular formula is C17H22F2N4O2S. The minimum absolute atomic E-state index is 0.0359. The maximum atomic E-state index is 12.7. The molecule has 1 aromatic heterocycles. The molecule has 142 valence electrons. The summed E-state index contributed by atoms with van der Waals surface area (Å²) in [5.74, 6) is -2.08. The van der Waals surface area contributed by atoms with Crippen molar-refractivity contribution in [3.63, 3.8) is 0 Å². The summed E-state index contributed by atoms with van der Waals surface area (Å²) in [5.41, 5.74) is 0.791. The van der Waals surface area contributed by atoms with Gasteiger partial charge >= 0.3 is 5.76 Å². The molecule has 0 radical (unpaired) electrons. The van der Waals surface area contributed by atoms with E-state index in [1.54, 1.807) is 18.5 Å². The van der Waals surface area contributed by atoms with Gasteiger partial charge in [0, 0.05) is 18.8 Å². The van der Waals surface area contributed by atoms with E-state index in [2.05, 4.69) is 28.9 Å². The Balaban J connectivity index is 1.86. The molecule has 1 unspecified atom stereocenters. The lowest BCUT2D eigenvalue weighted by Gasteiger charge is -2.27. The van der Waals surface area contributed by atoms with Crippen LogP contribution in [0.3, 0.4) is 0 Å². The molecular weight excluding hydrogens is 362 g/mol. The van der Waals surface area contributed by atoms with E-state index in [1.165, 1.54) is 12.1 Å². The number of halogens is 2. The van der Waals surface area contributed by atoms with E-state index in [1.807, 2.05) is 4.57 Å². The zero-order valence-corrected chi connectivity index (χ0v) is 15.5. The Morgan fingerprint density at radius 3 is 2.54 bits per heavy atom. The summed E-state index contributed by atoms with van der Waals surface area (Å²) in [6.07, 6.45) is 3.61. The van der Waals surface area contributed by atoms with Crippen LogP contribution in [-0.4, -0.2) is 35.5 Å². The van der Waals surface area contributed by atoms with Crippen molar-refractivity contribution in [1.82, 2.24) is 14.8 Å². The standard InChI is InChI=1S/C17H22F2N4O2S/c1-12(2)10-22-11-20-21-16(22)15-4-3-9-23(15)13-5-7-14(8-6-13)26(24,25)17(18)19/h5-8,11-12,15,17H,3-4,9-10H2,1-2H3. The van der Waals surface area contributed by atoms with Gasteiger partial charge in [0.1, 0.15) is 6.33 Å². The number of benzene rings is 1. The maximum Gasteiger partial charge on any atom is 0.341 e.